The van der Waals surface area contributed by atoms with Gasteiger partial charge in [0.15, 0.2) is 10.7 Å². The predicted molar refractivity (Wildman–Crippen MR) is 193 cm³/mol. The number of ketones is 1. The molecule has 2 saturated carbocycles. The fraction of sp³-hybridized carbons (Fsp3) is 0.625. The molecule has 2 aromatic rings. The Balaban J connectivity index is 1.14. The van der Waals surface area contributed by atoms with Gasteiger partial charge in [0.05, 0.1) is 35.6 Å². The number of para-hydroxylation sites is 1. The van der Waals surface area contributed by atoms with E-state index in [0.29, 0.717) is 56.4 Å². The van der Waals surface area contributed by atoms with Crippen LogP contribution in [0.5, 0.6) is 5.75 Å². The molecule has 8 rings (SSSR count). The molecule has 1 aromatic carbocycles. The van der Waals surface area contributed by atoms with Crippen LogP contribution in [0.1, 0.15) is 95.2 Å². The zero-order chi connectivity index (χ0) is 41.8. The SMILES string of the molecule is Cc1nc2ccccc2c2c1O[C@]1(CC2)C[C@H]2C(=O)C[C@]3(C(=O)N4C5(CC5)S4(=O)=O)C[C@H]3/C=C\CCCCC[C@H](CC(=O)OC(C)(C(F)(F)F)C(F)(F)F)C(=O)N2C1. The lowest BCUT2D eigenvalue weighted by atomic mass is 9.85. The fourth-order valence-corrected chi connectivity index (χ4v) is 11.5. The summed E-state index contributed by atoms with van der Waals surface area (Å²) in [4.78, 5) is 61.3. The third-order valence-corrected chi connectivity index (χ3v) is 15.6. The summed E-state index contributed by atoms with van der Waals surface area (Å²) in [6.07, 6.45) is -6.71. The summed E-state index contributed by atoms with van der Waals surface area (Å²) in [5, 5.41) is 0.855. The zero-order valence-corrected chi connectivity index (χ0v) is 32.7. The number of aromatic nitrogens is 1. The molecule has 18 heteroatoms. The Hall–Kier alpha value is -4.22. The summed E-state index contributed by atoms with van der Waals surface area (Å²) in [7, 11) is -3.84. The van der Waals surface area contributed by atoms with Gasteiger partial charge in [0, 0.05) is 29.7 Å². The fourth-order valence-electron chi connectivity index (χ4n) is 9.44. The van der Waals surface area contributed by atoms with E-state index in [0.717, 1.165) is 20.8 Å². The van der Waals surface area contributed by atoms with Gasteiger partial charge in [0.1, 0.15) is 11.4 Å². The number of hydrogen-bond acceptors (Lipinski definition) is 9. The molecular weight excluding hydrogens is 797 g/mol. The van der Waals surface area contributed by atoms with E-state index in [9.17, 15) is 53.9 Å². The second-order valence-corrected chi connectivity index (χ2v) is 19.2. The van der Waals surface area contributed by atoms with Gasteiger partial charge < -0.3 is 14.4 Å². The van der Waals surface area contributed by atoms with Crippen molar-refractivity contribution in [2.45, 2.75) is 132 Å². The molecule has 4 fully saturated rings. The number of pyridine rings is 1. The highest BCUT2D eigenvalue weighted by Crippen LogP contribution is 2.68. The topological polar surface area (TPSA) is 140 Å². The summed E-state index contributed by atoms with van der Waals surface area (Å²) in [5.41, 5.74) is -5.25. The summed E-state index contributed by atoms with van der Waals surface area (Å²) < 4.78 is 120. The number of Topliss-reactive ketones (excluding diaryl/α,β-unsaturated/α-hetero) is 1. The number of sulfonamides is 1. The Labute approximate surface area is 330 Å². The maximum Gasteiger partial charge on any atom is 0.437 e. The van der Waals surface area contributed by atoms with Gasteiger partial charge in [-0.3, -0.25) is 19.2 Å². The number of nitrogens with zero attached hydrogens (tertiary/aromatic N) is 3. The Bertz CT molecular complexity index is 2230. The smallest absolute Gasteiger partial charge is 0.437 e. The monoisotopic (exact) mass is 839 g/mol. The lowest BCUT2D eigenvalue weighted by Gasteiger charge is -2.37. The van der Waals surface area contributed by atoms with Crippen LogP contribution in [0.2, 0.25) is 0 Å². The Kier molecular flexibility index (Phi) is 9.37. The number of carbonyl (C=O) groups is 4. The first-order valence-corrected chi connectivity index (χ1v) is 21.1. The van der Waals surface area contributed by atoms with E-state index in [2.05, 4.69) is 9.72 Å². The standard InChI is InChI=1S/C40H43F6N3O8S/c1-23-32-27(26-12-8-9-13-28(26)47-23)14-15-36(57-32)20-29-30(50)21-37(34(53)49-38(16-17-38)58(49,54)55)19-25(37)11-7-5-3-4-6-10-24(33(52)48(29)22-36)18-31(51)56-35(2,39(41,42)43)40(44,45)46/h7-9,11-13,24-25,29H,3-6,10,14-22H2,1-2H3/b11-7-/t24-,25-,29+,36-,37-,49?/m1/s1. The highest BCUT2D eigenvalue weighted by Gasteiger charge is 2.83. The molecule has 2 aliphatic carbocycles. The number of alkyl halides is 6. The second kappa shape index (κ2) is 13.4. The number of amides is 2. The minimum Gasteiger partial charge on any atom is -0.483 e. The van der Waals surface area contributed by atoms with E-state index in [1.807, 2.05) is 36.4 Å². The number of aryl methyl sites for hydroxylation is 2. The molecule has 4 aliphatic heterocycles. The number of fused-ring (bicyclic) bond motifs is 5. The van der Waals surface area contributed by atoms with E-state index >= 15 is 0 Å². The van der Waals surface area contributed by atoms with Crippen molar-refractivity contribution in [2.75, 3.05) is 6.54 Å². The average Bonchev–Trinajstić information content (AvgIpc) is 4.09. The van der Waals surface area contributed by atoms with Crippen molar-refractivity contribution in [3.63, 3.8) is 0 Å². The van der Waals surface area contributed by atoms with Gasteiger partial charge in [-0.25, -0.2) is 17.7 Å². The number of hydrogen-bond donors (Lipinski definition) is 0. The predicted octanol–water partition coefficient (Wildman–Crippen LogP) is 6.79. The lowest BCUT2D eigenvalue weighted by molar-refractivity contribution is -0.363. The maximum absolute atomic E-state index is 14.7. The Morgan fingerprint density at radius 3 is 2.38 bits per heavy atom. The number of allylic oxidation sites excluding steroid dienone is 2. The molecule has 2 amide bonds. The van der Waals surface area contributed by atoms with Crippen molar-refractivity contribution in [3.8, 4) is 5.75 Å². The van der Waals surface area contributed by atoms with Gasteiger partial charge >= 0.3 is 18.3 Å². The van der Waals surface area contributed by atoms with Crippen LogP contribution >= 0.6 is 0 Å². The number of rotatable bonds is 4. The van der Waals surface area contributed by atoms with Crippen molar-refractivity contribution in [3.05, 3.63) is 47.7 Å². The molecule has 5 atom stereocenters. The minimum atomic E-state index is -6.02. The summed E-state index contributed by atoms with van der Waals surface area (Å²) >= 11 is 0. The Morgan fingerprint density at radius 2 is 1.71 bits per heavy atom. The van der Waals surface area contributed by atoms with Gasteiger partial charge in [-0.1, -0.05) is 43.2 Å². The minimum absolute atomic E-state index is 0.0720. The molecule has 2 saturated heterocycles. The molecule has 6 aliphatic rings. The summed E-state index contributed by atoms with van der Waals surface area (Å²) in [6.45, 7) is 1.26. The van der Waals surface area contributed by atoms with E-state index < -0.39 is 98.2 Å². The van der Waals surface area contributed by atoms with Crippen LogP contribution < -0.4 is 4.74 Å². The van der Waals surface area contributed by atoms with Gasteiger partial charge in [-0.15, -0.1) is 0 Å². The number of carbonyl (C=O) groups excluding carboxylic acids is 4. The van der Waals surface area contributed by atoms with E-state index in [4.69, 9.17) is 4.74 Å². The third kappa shape index (κ3) is 6.37. The van der Waals surface area contributed by atoms with E-state index in [1.54, 1.807) is 6.92 Å². The molecule has 58 heavy (non-hydrogen) atoms. The summed E-state index contributed by atoms with van der Waals surface area (Å²) in [6, 6.07) is 6.19. The van der Waals surface area contributed by atoms with Crippen LogP contribution in [0.25, 0.3) is 10.9 Å². The number of halogens is 6. The number of ether oxygens (including phenoxy) is 2. The molecule has 1 aromatic heterocycles. The van der Waals surface area contributed by atoms with Crippen LogP contribution in [0.15, 0.2) is 36.4 Å². The van der Waals surface area contributed by atoms with Crippen LogP contribution in [0.4, 0.5) is 26.3 Å². The Morgan fingerprint density at radius 1 is 1.00 bits per heavy atom. The van der Waals surface area contributed by atoms with Crippen molar-refractivity contribution >= 4 is 44.5 Å². The first-order chi connectivity index (χ1) is 27.1. The molecule has 0 unspecified atom stereocenters. The van der Waals surface area contributed by atoms with Gasteiger partial charge in [0.2, 0.25) is 11.8 Å². The highest BCUT2D eigenvalue weighted by atomic mass is 32.2. The van der Waals surface area contributed by atoms with Crippen molar-refractivity contribution in [1.29, 1.82) is 0 Å². The highest BCUT2D eigenvalue weighted by molar-refractivity contribution is 7.98. The first kappa shape index (κ1) is 40.6. The van der Waals surface area contributed by atoms with Crippen LogP contribution in [-0.4, -0.2) is 87.2 Å². The first-order valence-electron chi connectivity index (χ1n) is 19.6. The van der Waals surface area contributed by atoms with Crippen LogP contribution in [-0.2, 0) is 40.4 Å². The third-order valence-electron chi connectivity index (χ3n) is 13.2. The zero-order valence-electron chi connectivity index (χ0n) is 31.9. The lowest BCUT2D eigenvalue weighted by Crippen LogP contribution is -2.57. The molecule has 314 valence electrons. The maximum atomic E-state index is 14.7. The van der Waals surface area contributed by atoms with Crippen molar-refractivity contribution in [1.82, 2.24) is 14.2 Å². The number of esters is 1. The largest absolute Gasteiger partial charge is 0.483 e. The second-order valence-electron chi connectivity index (χ2n) is 17.1. The van der Waals surface area contributed by atoms with E-state index in [-0.39, 0.29) is 39.2 Å². The number of benzene rings is 1. The van der Waals surface area contributed by atoms with Crippen LogP contribution in [0.3, 0.4) is 0 Å². The molecule has 2 spiro atoms. The van der Waals surface area contributed by atoms with Crippen molar-refractivity contribution < 1.29 is 63.4 Å². The molecule has 5 heterocycles. The molecular formula is C40H43F6N3O8S. The normalized spacial score (nSPS) is 31.1. The van der Waals surface area contributed by atoms with Gasteiger partial charge in [-0.05, 0) is 77.2 Å². The summed E-state index contributed by atoms with van der Waals surface area (Å²) in [5.74, 6) is -5.41. The molecule has 0 bridgehead atoms. The average molecular weight is 840 g/mol. The molecule has 11 nitrogen and oxygen atoms in total. The van der Waals surface area contributed by atoms with E-state index in [1.165, 1.54) is 4.90 Å². The molecule has 0 radical (unpaired) electrons. The van der Waals surface area contributed by atoms with Crippen molar-refractivity contribution in [2.24, 2.45) is 17.3 Å². The quantitative estimate of drug-likeness (QED) is 0.141. The van der Waals surface area contributed by atoms with Gasteiger partial charge in [-0.2, -0.15) is 26.3 Å². The molecule has 0 N–H and O–H groups in total. The van der Waals surface area contributed by atoms with Gasteiger partial charge in [0.25, 0.3) is 15.6 Å². The van der Waals surface area contributed by atoms with Crippen LogP contribution in [0, 0.1) is 24.2 Å².